The third-order valence-electron chi connectivity index (χ3n) is 4.61. The van der Waals surface area contributed by atoms with Crippen LogP contribution in [0, 0.1) is 0 Å². The van der Waals surface area contributed by atoms with Crippen LogP contribution >= 0.6 is 0 Å². The normalized spacial score (nSPS) is 15.3. The second-order valence-corrected chi connectivity index (χ2v) is 6.41. The highest BCUT2D eigenvalue weighted by molar-refractivity contribution is 6.08. The van der Waals surface area contributed by atoms with Crippen LogP contribution in [0.5, 0.6) is 11.5 Å². The molecule has 3 rings (SSSR count). The molecule has 1 heterocycles. The molecule has 0 radical (unpaired) electrons. The molecular formula is C20H21N3O7. The number of nitrogens with zero attached hydrogens (tertiary/aromatic N) is 1. The Bertz CT molecular complexity index is 945. The number of hydroxylamine groups is 1. The van der Waals surface area contributed by atoms with Gasteiger partial charge in [-0.1, -0.05) is 18.2 Å². The zero-order valence-electron chi connectivity index (χ0n) is 16.5. The molecule has 2 aromatic carbocycles. The van der Waals surface area contributed by atoms with Crippen LogP contribution in [-0.4, -0.2) is 61.6 Å². The summed E-state index contributed by atoms with van der Waals surface area (Å²) in [5, 5.41) is 11.2. The van der Waals surface area contributed by atoms with Gasteiger partial charge in [-0.25, -0.2) is 5.48 Å². The summed E-state index contributed by atoms with van der Waals surface area (Å²) in [5.74, 6) is -1.20. The molecule has 1 aliphatic heterocycles. The number of nitrogens with one attached hydrogen (secondary N) is 2. The van der Waals surface area contributed by atoms with E-state index in [1.807, 2.05) is 6.07 Å². The van der Waals surface area contributed by atoms with E-state index in [1.165, 1.54) is 26.7 Å². The molecule has 0 bridgehead atoms. The van der Waals surface area contributed by atoms with Gasteiger partial charge in [0.2, 0.25) is 0 Å². The van der Waals surface area contributed by atoms with Crippen molar-refractivity contribution in [1.82, 2.24) is 15.7 Å². The summed E-state index contributed by atoms with van der Waals surface area (Å²) < 4.78 is 15.9. The fraction of sp³-hybridized carbons (Fsp3) is 0.250. The molecule has 0 saturated heterocycles. The van der Waals surface area contributed by atoms with E-state index in [4.69, 9.17) is 19.4 Å². The summed E-state index contributed by atoms with van der Waals surface area (Å²) >= 11 is 0. The number of hydrogen-bond acceptors (Lipinski definition) is 7. The van der Waals surface area contributed by atoms with Gasteiger partial charge in [0.05, 0.1) is 0 Å². The van der Waals surface area contributed by atoms with Crippen molar-refractivity contribution in [3.63, 3.8) is 0 Å². The number of hydrogen-bond donors (Lipinski definition) is 3. The minimum Gasteiger partial charge on any atom is -0.428 e. The minimum atomic E-state index is -1.52. The zero-order valence-corrected chi connectivity index (χ0v) is 16.5. The van der Waals surface area contributed by atoms with Gasteiger partial charge >= 0.3 is 6.48 Å². The van der Waals surface area contributed by atoms with Gasteiger partial charge in [0.1, 0.15) is 0 Å². The Hall–Kier alpha value is -3.63. The maximum absolute atomic E-state index is 12.7. The van der Waals surface area contributed by atoms with Crippen molar-refractivity contribution in [3.05, 3.63) is 48.0 Å². The van der Waals surface area contributed by atoms with Crippen LogP contribution in [0.4, 0.5) is 0 Å². The van der Waals surface area contributed by atoms with Crippen LogP contribution in [0.3, 0.4) is 0 Å². The van der Waals surface area contributed by atoms with E-state index in [-0.39, 0.29) is 5.56 Å². The summed E-state index contributed by atoms with van der Waals surface area (Å²) in [5.41, 5.74) is 3.32. The van der Waals surface area contributed by atoms with Crippen LogP contribution in [0.25, 0.3) is 11.1 Å². The number of likely N-dealkylation sites (N-methyl/N-ethyl adjacent to an activating group) is 2. The van der Waals surface area contributed by atoms with Crippen LogP contribution in [0.1, 0.15) is 10.4 Å². The second kappa shape index (κ2) is 8.80. The lowest BCUT2D eigenvalue weighted by atomic mass is 10.0. The monoisotopic (exact) mass is 415 g/mol. The molecule has 0 fully saturated rings. The number of amides is 3. The molecule has 0 spiro atoms. The number of methoxy groups -OCH3 is 1. The fourth-order valence-corrected chi connectivity index (χ4v) is 3.00. The van der Waals surface area contributed by atoms with Gasteiger partial charge in [0, 0.05) is 26.8 Å². The smallest absolute Gasteiger partial charge is 0.360 e. The van der Waals surface area contributed by atoms with Gasteiger partial charge in [-0.05, 0) is 35.4 Å². The first kappa shape index (κ1) is 21.1. The van der Waals surface area contributed by atoms with Crippen LogP contribution < -0.4 is 20.3 Å². The molecule has 0 aliphatic carbocycles. The predicted molar refractivity (Wildman–Crippen MR) is 104 cm³/mol. The van der Waals surface area contributed by atoms with E-state index in [0.29, 0.717) is 11.5 Å². The summed E-state index contributed by atoms with van der Waals surface area (Å²) in [6.07, 6.45) is 0. The van der Waals surface area contributed by atoms with E-state index in [0.717, 1.165) is 16.0 Å². The largest absolute Gasteiger partial charge is 0.428 e. The molecule has 158 valence electrons. The quantitative estimate of drug-likeness (QED) is 0.361. The average molecular weight is 415 g/mol. The van der Waals surface area contributed by atoms with Crippen molar-refractivity contribution in [2.75, 3.05) is 21.2 Å². The van der Waals surface area contributed by atoms with Crippen LogP contribution in [0.15, 0.2) is 42.5 Å². The molecule has 0 saturated carbocycles. The first-order valence-electron chi connectivity index (χ1n) is 8.93. The maximum Gasteiger partial charge on any atom is 0.360 e. The molecule has 1 aliphatic rings. The summed E-state index contributed by atoms with van der Waals surface area (Å²) in [7, 11) is 4.10. The predicted octanol–water partition coefficient (Wildman–Crippen LogP) is 0.747. The van der Waals surface area contributed by atoms with Gasteiger partial charge in [-0.15, -0.1) is 0 Å². The highest BCUT2D eigenvalue weighted by Gasteiger charge is 2.33. The lowest BCUT2D eigenvalue weighted by molar-refractivity contribution is -0.157. The molecule has 2 aromatic rings. The fourth-order valence-electron chi connectivity index (χ4n) is 3.00. The molecule has 10 nitrogen and oxygen atoms in total. The average Bonchev–Trinajstić information content (AvgIpc) is 3.20. The third-order valence-corrected chi connectivity index (χ3v) is 4.61. The number of benzene rings is 2. The number of rotatable bonds is 6. The Morgan fingerprint density at radius 1 is 1.03 bits per heavy atom. The van der Waals surface area contributed by atoms with E-state index in [9.17, 15) is 14.4 Å². The Morgan fingerprint density at radius 2 is 1.67 bits per heavy atom. The first-order valence-corrected chi connectivity index (χ1v) is 8.93. The second-order valence-electron chi connectivity index (χ2n) is 6.41. The topological polar surface area (TPSA) is 126 Å². The Balaban J connectivity index is 1.79. The summed E-state index contributed by atoms with van der Waals surface area (Å²) in [6, 6.07) is 10.5. The number of ether oxygens (including phenoxy) is 3. The first-order chi connectivity index (χ1) is 14.4. The van der Waals surface area contributed by atoms with Crippen molar-refractivity contribution in [2.45, 2.75) is 12.5 Å². The van der Waals surface area contributed by atoms with Crippen molar-refractivity contribution in [3.8, 4) is 22.6 Å². The van der Waals surface area contributed by atoms with E-state index < -0.39 is 30.2 Å². The molecular weight excluding hydrogens is 394 g/mol. The van der Waals surface area contributed by atoms with Crippen molar-refractivity contribution in [1.29, 1.82) is 0 Å². The van der Waals surface area contributed by atoms with Crippen LogP contribution in [0.2, 0.25) is 0 Å². The molecule has 3 amide bonds. The van der Waals surface area contributed by atoms with Gasteiger partial charge < -0.3 is 24.4 Å². The lowest BCUT2D eigenvalue weighted by Crippen LogP contribution is -2.54. The van der Waals surface area contributed by atoms with Gasteiger partial charge in [-0.3, -0.25) is 19.6 Å². The summed E-state index contributed by atoms with van der Waals surface area (Å²) in [6.45, 7) is -0.782. The number of carbonyl (C=O) groups excluding carboxylic acids is 3. The van der Waals surface area contributed by atoms with E-state index in [2.05, 4.69) is 5.32 Å². The van der Waals surface area contributed by atoms with Gasteiger partial charge in [0.15, 0.2) is 17.5 Å². The third kappa shape index (κ3) is 4.04. The van der Waals surface area contributed by atoms with Crippen molar-refractivity contribution >= 4 is 17.7 Å². The number of fused-ring (bicyclic) bond motifs is 1. The molecule has 0 aromatic heterocycles. The Labute approximate surface area is 172 Å². The van der Waals surface area contributed by atoms with Gasteiger partial charge in [-0.2, -0.15) is 0 Å². The summed E-state index contributed by atoms with van der Waals surface area (Å²) in [4.78, 5) is 37.5. The SMILES string of the molecule is CNC(=O)C(C(=O)NO)N(C)C(=O)c1ccc(-c2ccc3c(c2)OC(OC)O3)cc1. The van der Waals surface area contributed by atoms with Crippen molar-refractivity contribution < 1.29 is 33.8 Å². The molecule has 10 heteroatoms. The zero-order chi connectivity index (χ0) is 21.8. The standard InChI is InChI=1S/C20H21N3O7/c1-21-17(24)16(18(25)22-27)23(2)19(26)12-6-4-11(5-7-12)13-8-9-14-15(10-13)30-20(28-3)29-14/h4-10,16,20,27H,1-3H3,(H,21,24)(H,22,25). The minimum absolute atomic E-state index is 0.265. The molecule has 30 heavy (non-hydrogen) atoms. The van der Waals surface area contributed by atoms with Gasteiger partial charge in [0.25, 0.3) is 17.7 Å². The highest BCUT2D eigenvalue weighted by Crippen LogP contribution is 2.38. The number of carbonyl (C=O) groups is 3. The van der Waals surface area contributed by atoms with E-state index in [1.54, 1.807) is 36.4 Å². The van der Waals surface area contributed by atoms with Crippen LogP contribution in [-0.2, 0) is 14.3 Å². The Morgan fingerprint density at radius 3 is 2.27 bits per heavy atom. The molecule has 3 N–H and O–H groups in total. The molecule has 2 atom stereocenters. The van der Waals surface area contributed by atoms with E-state index >= 15 is 0 Å². The lowest BCUT2D eigenvalue weighted by Gasteiger charge is -2.25. The maximum atomic E-state index is 12.7. The highest BCUT2D eigenvalue weighted by atomic mass is 16.9. The van der Waals surface area contributed by atoms with Crippen molar-refractivity contribution in [2.24, 2.45) is 0 Å². The Kier molecular flexibility index (Phi) is 6.19. The molecule has 2 unspecified atom stereocenters.